The zero-order chi connectivity index (χ0) is 22.8. The lowest BCUT2D eigenvalue weighted by molar-refractivity contribution is -0.132. The molecule has 5 rings (SSSR count). The van der Waals surface area contributed by atoms with Crippen LogP contribution in [0.2, 0.25) is 5.02 Å². The van der Waals surface area contributed by atoms with Gasteiger partial charge in [-0.3, -0.25) is 4.79 Å². The van der Waals surface area contributed by atoms with E-state index in [1.165, 1.54) is 23.7 Å². The van der Waals surface area contributed by atoms with Gasteiger partial charge in [-0.2, -0.15) is 4.37 Å². The van der Waals surface area contributed by atoms with Gasteiger partial charge in [0.05, 0.1) is 10.7 Å². The quantitative estimate of drug-likeness (QED) is 0.541. The fraction of sp³-hybridized carbons (Fsp3) is 0.375. The molecular formula is C24H25ClFN5OS. The van der Waals surface area contributed by atoms with Gasteiger partial charge in [-0.05, 0) is 42.7 Å². The molecule has 2 aliphatic heterocycles. The first-order valence-corrected chi connectivity index (χ1v) is 12.4. The Balaban J connectivity index is 1.22. The molecule has 1 aromatic heterocycles. The average molecular weight is 486 g/mol. The lowest BCUT2D eigenvalue weighted by Gasteiger charge is -2.38. The monoisotopic (exact) mass is 485 g/mol. The molecular weight excluding hydrogens is 461 g/mol. The van der Waals surface area contributed by atoms with Gasteiger partial charge in [-0.1, -0.05) is 35.9 Å². The molecule has 2 aliphatic rings. The number of amides is 1. The maximum atomic E-state index is 13.4. The van der Waals surface area contributed by atoms with Crippen molar-refractivity contribution in [3.05, 3.63) is 70.8 Å². The third-order valence-corrected chi connectivity index (χ3v) is 7.41. The molecule has 0 spiro atoms. The summed E-state index contributed by atoms with van der Waals surface area (Å²) in [5, 5.41) is 1.53. The minimum atomic E-state index is -0.253. The molecule has 172 valence electrons. The Hall–Kier alpha value is -2.71. The molecule has 2 aromatic carbocycles. The highest BCUT2D eigenvalue weighted by atomic mass is 35.5. The second-order valence-electron chi connectivity index (χ2n) is 8.41. The Morgan fingerprint density at radius 2 is 1.82 bits per heavy atom. The number of anilines is 2. The second kappa shape index (κ2) is 9.65. The van der Waals surface area contributed by atoms with Crippen molar-refractivity contribution in [2.24, 2.45) is 0 Å². The van der Waals surface area contributed by atoms with Crippen molar-refractivity contribution in [1.29, 1.82) is 0 Å². The second-order valence-corrected chi connectivity index (χ2v) is 9.55. The third-order valence-electron chi connectivity index (χ3n) is 6.30. The van der Waals surface area contributed by atoms with E-state index in [0.29, 0.717) is 25.3 Å². The van der Waals surface area contributed by atoms with Crippen LogP contribution >= 0.6 is 23.1 Å². The zero-order valence-corrected chi connectivity index (χ0v) is 19.7. The van der Waals surface area contributed by atoms with E-state index in [9.17, 15) is 9.18 Å². The number of benzene rings is 2. The van der Waals surface area contributed by atoms with E-state index in [-0.39, 0.29) is 17.8 Å². The van der Waals surface area contributed by atoms with Crippen molar-refractivity contribution in [1.82, 2.24) is 14.3 Å². The number of aromatic nitrogens is 2. The maximum absolute atomic E-state index is 13.4. The van der Waals surface area contributed by atoms with Gasteiger partial charge in [0, 0.05) is 50.7 Å². The van der Waals surface area contributed by atoms with E-state index < -0.39 is 0 Å². The van der Waals surface area contributed by atoms with Crippen molar-refractivity contribution in [2.45, 2.75) is 25.3 Å². The highest BCUT2D eigenvalue weighted by Crippen LogP contribution is 2.30. The summed E-state index contributed by atoms with van der Waals surface area (Å²) in [7, 11) is 0. The molecule has 3 heterocycles. The molecule has 2 fully saturated rings. The Bertz CT molecular complexity index is 1120. The van der Waals surface area contributed by atoms with Gasteiger partial charge in [-0.25, -0.2) is 9.37 Å². The molecule has 0 saturated carbocycles. The first-order valence-electron chi connectivity index (χ1n) is 11.2. The lowest BCUT2D eigenvalue weighted by Crippen LogP contribution is -2.54. The summed E-state index contributed by atoms with van der Waals surface area (Å²) >= 11 is 7.68. The Morgan fingerprint density at radius 3 is 2.58 bits per heavy atom. The molecule has 3 aromatic rings. The molecule has 33 heavy (non-hydrogen) atoms. The summed E-state index contributed by atoms with van der Waals surface area (Å²) in [6, 6.07) is 14.0. The number of rotatable bonds is 5. The van der Waals surface area contributed by atoms with E-state index >= 15 is 0 Å². The van der Waals surface area contributed by atoms with E-state index in [2.05, 4.69) is 14.2 Å². The highest BCUT2D eigenvalue weighted by molar-refractivity contribution is 7.09. The predicted molar refractivity (Wildman–Crippen MR) is 130 cm³/mol. The van der Waals surface area contributed by atoms with Gasteiger partial charge >= 0.3 is 0 Å². The topological polar surface area (TPSA) is 52.6 Å². The summed E-state index contributed by atoms with van der Waals surface area (Å²) in [5.74, 6) is 0.617. The van der Waals surface area contributed by atoms with Crippen molar-refractivity contribution in [3.8, 4) is 0 Å². The third kappa shape index (κ3) is 4.82. The minimum Gasteiger partial charge on any atom is -0.367 e. The predicted octanol–water partition coefficient (Wildman–Crippen LogP) is 4.24. The van der Waals surface area contributed by atoms with Crippen LogP contribution in [0.25, 0.3) is 0 Å². The number of para-hydroxylation sites is 1. The van der Waals surface area contributed by atoms with E-state index in [1.54, 1.807) is 12.1 Å². The molecule has 0 radical (unpaired) electrons. The molecule has 1 amide bonds. The number of hydrogen-bond acceptors (Lipinski definition) is 6. The highest BCUT2D eigenvalue weighted by Gasteiger charge is 2.36. The molecule has 1 unspecified atom stereocenters. The molecule has 1 atom stereocenters. The number of hydrogen-bond donors (Lipinski definition) is 0. The normalized spacial score (nSPS) is 18.7. The van der Waals surface area contributed by atoms with Crippen molar-refractivity contribution in [2.75, 3.05) is 42.5 Å². The van der Waals surface area contributed by atoms with E-state index in [1.807, 2.05) is 29.2 Å². The van der Waals surface area contributed by atoms with Crippen molar-refractivity contribution < 1.29 is 9.18 Å². The molecule has 2 saturated heterocycles. The average Bonchev–Trinajstić information content (AvgIpc) is 3.50. The number of carbonyl (C=O) groups is 1. The SMILES string of the molecule is O=C(C1CCCN1c1nc(Cc2ccc(F)cc2)ns1)N1CCN(c2ccccc2Cl)CC1. The maximum Gasteiger partial charge on any atom is 0.245 e. The molecule has 9 heteroatoms. The van der Waals surface area contributed by atoms with Crippen LogP contribution in [0.15, 0.2) is 48.5 Å². The van der Waals surface area contributed by atoms with Gasteiger partial charge in [-0.15, -0.1) is 0 Å². The van der Waals surface area contributed by atoms with Gasteiger partial charge < -0.3 is 14.7 Å². The minimum absolute atomic E-state index is 0.168. The summed E-state index contributed by atoms with van der Waals surface area (Å²) in [5.41, 5.74) is 1.99. The Kier molecular flexibility index (Phi) is 6.46. The zero-order valence-electron chi connectivity index (χ0n) is 18.2. The number of carbonyl (C=O) groups excluding carboxylic acids is 1. The van der Waals surface area contributed by atoms with Gasteiger partial charge in [0.1, 0.15) is 17.7 Å². The Labute approximate surface area is 201 Å². The number of halogens is 2. The van der Waals surface area contributed by atoms with Crippen LogP contribution in [0.1, 0.15) is 24.2 Å². The van der Waals surface area contributed by atoms with Gasteiger partial charge in [0.15, 0.2) is 0 Å². The van der Waals surface area contributed by atoms with Crippen molar-refractivity contribution in [3.63, 3.8) is 0 Å². The van der Waals surface area contributed by atoms with Crippen LogP contribution in [0.5, 0.6) is 0 Å². The summed E-state index contributed by atoms with van der Waals surface area (Å²) in [6.45, 7) is 3.70. The molecule has 0 N–H and O–H groups in total. The van der Waals surface area contributed by atoms with Crippen molar-refractivity contribution >= 4 is 39.9 Å². The largest absolute Gasteiger partial charge is 0.367 e. The summed E-state index contributed by atoms with van der Waals surface area (Å²) in [4.78, 5) is 24.4. The fourth-order valence-electron chi connectivity index (χ4n) is 4.56. The molecule has 0 aliphatic carbocycles. The van der Waals surface area contributed by atoms with Crippen LogP contribution in [-0.4, -0.2) is 58.9 Å². The standard InChI is InChI=1S/C24H25ClFN5OS/c25-19-4-1-2-5-20(19)29-12-14-30(15-13-29)23(32)21-6-3-11-31(21)24-27-22(28-33-24)16-17-7-9-18(26)10-8-17/h1-2,4-5,7-10,21H,3,6,11-16H2. The molecule has 6 nitrogen and oxygen atoms in total. The van der Waals surface area contributed by atoms with E-state index in [0.717, 1.165) is 53.9 Å². The summed E-state index contributed by atoms with van der Waals surface area (Å²) < 4.78 is 17.6. The van der Waals surface area contributed by atoms with Gasteiger partial charge in [0.25, 0.3) is 0 Å². The Morgan fingerprint density at radius 1 is 1.06 bits per heavy atom. The molecule has 0 bridgehead atoms. The fourth-order valence-corrected chi connectivity index (χ4v) is 5.57. The summed E-state index contributed by atoms with van der Waals surface area (Å²) in [6.07, 6.45) is 2.34. The smallest absolute Gasteiger partial charge is 0.245 e. The van der Waals surface area contributed by atoms with Crippen LogP contribution in [-0.2, 0) is 11.2 Å². The lowest BCUT2D eigenvalue weighted by atomic mass is 10.1. The first kappa shape index (κ1) is 22.1. The van der Waals surface area contributed by atoms with E-state index in [4.69, 9.17) is 16.6 Å². The number of piperazine rings is 1. The van der Waals surface area contributed by atoms with Crippen LogP contribution in [0.4, 0.5) is 15.2 Å². The number of nitrogens with zero attached hydrogens (tertiary/aromatic N) is 5. The van der Waals surface area contributed by atoms with Gasteiger partial charge in [0.2, 0.25) is 11.0 Å². The first-order chi connectivity index (χ1) is 16.1. The van der Waals surface area contributed by atoms with Crippen LogP contribution in [0.3, 0.4) is 0 Å². The van der Waals surface area contributed by atoms with Crippen LogP contribution < -0.4 is 9.80 Å². The van der Waals surface area contributed by atoms with Crippen LogP contribution in [0, 0.1) is 5.82 Å².